The average molecular weight is 360 g/mol. The fourth-order valence-electron chi connectivity index (χ4n) is 2.46. The molecule has 0 saturated heterocycles. The molecule has 1 heterocycles. The number of nitrogens with one attached hydrogen (secondary N) is 2. The van der Waals surface area contributed by atoms with E-state index < -0.39 is 0 Å². The van der Waals surface area contributed by atoms with Crippen molar-refractivity contribution in [3.63, 3.8) is 0 Å². The molecule has 2 aromatic carbocycles. The van der Waals surface area contributed by atoms with Crippen LogP contribution in [0.3, 0.4) is 0 Å². The van der Waals surface area contributed by atoms with Gasteiger partial charge in [0.2, 0.25) is 0 Å². The normalized spacial score (nSPS) is 10.1. The number of anilines is 3. The van der Waals surface area contributed by atoms with E-state index in [1.807, 2.05) is 61.5 Å². The zero-order valence-electron chi connectivity index (χ0n) is 15.1. The Bertz CT molecular complexity index is 938. The molecule has 0 aliphatic heterocycles. The van der Waals surface area contributed by atoms with Crippen LogP contribution in [0.15, 0.2) is 72.9 Å². The molecule has 0 atom stereocenters. The number of carbonyl (C=O) groups excluding carboxylic acids is 2. The smallest absolute Gasteiger partial charge is 0.274 e. The maximum absolute atomic E-state index is 12.5. The summed E-state index contributed by atoms with van der Waals surface area (Å²) in [5, 5.41) is 5.58. The van der Waals surface area contributed by atoms with E-state index in [0.717, 1.165) is 5.69 Å². The van der Waals surface area contributed by atoms with Crippen LogP contribution in [-0.4, -0.2) is 30.9 Å². The first-order valence-corrected chi connectivity index (χ1v) is 8.44. The number of aromatic nitrogens is 1. The van der Waals surface area contributed by atoms with Crippen LogP contribution in [0.4, 0.5) is 17.1 Å². The van der Waals surface area contributed by atoms with E-state index in [2.05, 4.69) is 15.6 Å². The van der Waals surface area contributed by atoms with Crippen molar-refractivity contribution in [1.82, 2.24) is 4.98 Å². The number of amides is 2. The summed E-state index contributed by atoms with van der Waals surface area (Å²) < 4.78 is 0. The summed E-state index contributed by atoms with van der Waals surface area (Å²) in [6, 6.07) is 19.6. The molecule has 0 saturated carbocycles. The third kappa shape index (κ3) is 4.70. The van der Waals surface area contributed by atoms with Crippen LogP contribution < -0.4 is 15.5 Å². The predicted octanol–water partition coefficient (Wildman–Crippen LogP) is 3.65. The first kappa shape index (κ1) is 18.1. The van der Waals surface area contributed by atoms with Gasteiger partial charge in [-0.3, -0.25) is 14.6 Å². The lowest BCUT2D eigenvalue weighted by atomic mass is 10.2. The maximum Gasteiger partial charge on any atom is 0.274 e. The summed E-state index contributed by atoms with van der Waals surface area (Å²) in [6.07, 6.45) is 1.45. The number of carbonyl (C=O) groups is 2. The molecule has 2 N–H and O–H groups in total. The third-order valence-corrected chi connectivity index (χ3v) is 3.93. The van der Waals surface area contributed by atoms with Gasteiger partial charge in [0.15, 0.2) is 0 Å². The lowest BCUT2D eigenvalue weighted by Crippen LogP contribution is -2.17. The highest BCUT2D eigenvalue weighted by molar-refractivity contribution is 6.07. The summed E-state index contributed by atoms with van der Waals surface area (Å²) in [6.45, 7) is 0. The average Bonchev–Trinajstić information content (AvgIpc) is 2.69. The van der Waals surface area contributed by atoms with Gasteiger partial charge in [-0.05, 0) is 48.5 Å². The first-order chi connectivity index (χ1) is 13.0. The van der Waals surface area contributed by atoms with Crippen LogP contribution >= 0.6 is 0 Å². The summed E-state index contributed by atoms with van der Waals surface area (Å²) in [4.78, 5) is 30.9. The van der Waals surface area contributed by atoms with Crippen molar-refractivity contribution in [1.29, 1.82) is 0 Å². The van der Waals surface area contributed by atoms with Crippen LogP contribution in [0.5, 0.6) is 0 Å². The minimum atomic E-state index is -0.369. The second kappa shape index (κ2) is 8.14. The van der Waals surface area contributed by atoms with Crippen LogP contribution in [0, 0.1) is 0 Å². The van der Waals surface area contributed by atoms with Crippen molar-refractivity contribution in [3.8, 4) is 0 Å². The second-order valence-corrected chi connectivity index (χ2v) is 6.15. The minimum Gasteiger partial charge on any atom is -0.378 e. The van der Waals surface area contributed by atoms with Gasteiger partial charge in [-0.2, -0.15) is 0 Å². The fourth-order valence-corrected chi connectivity index (χ4v) is 2.46. The predicted molar refractivity (Wildman–Crippen MR) is 107 cm³/mol. The van der Waals surface area contributed by atoms with E-state index in [1.54, 1.807) is 18.2 Å². The summed E-state index contributed by atoms with van der Waals surface area (Å²) in [5.74, 6) is -0.671. The molecule has 0 unspecified atom stereocenters. The summed E-state index contributed by atoms with van der Waals surface area (Å²) >= 11 is 0. The Hall–Kier alpha value is -3.67. The highest BCUT2D eigenvalue weighted by atomic mass is 16.2. The number of pyridine rings is 1. The van der Waals surface area contributed by atoms with E-state index in [-0.39, 0.29) is 17.5 Å². The lowest BCUT2D eigenvalue weighted by molar-refractivity contribution is 0.102. The molecular formula is C21H20N4O2. The molecule has 3 aromatic rings. The minimum absolute atomic E-state index is 0.175. The third-order valence-electron chi connectivity index (χ3n) is 3.93. The Morgan fingerprint density at radius 2 is 1.44 bits per heavy atom. The molecule has 6 nitrogen and oxygen atoms in total. The largest absolute Gasteiger partial charge is 0.378 e. The van der Waals surface area contributed by atoms with Crippen molar-refractivity contribution in [2.24, 2.45) is 0 Å². The van der Waals surface area contributed by atoms with Crippen molar-refractivity contribution in [3.05, 3.63) is 84.2 Å². The molecule has 0 aliphatic carbocycles. The van der Waals surface area contributed by atoms with Gasteiger partial charge >= 0.3 is 0 Å². The van der Waals surface area contributed by atoms with E-state index in [0.29, 0.717) is 16.9 Å². The van der Waals surface area contributed by atoms with Gasteiger partial charge in [0.05, 0.1) is 0 Å². The molecule has 2 amide bonds. The van der Waals surface area contributed by atoms with E-state index >= 15 is 0 Å². The number of hydrogen-bond acceptors (Lipinski definition) is 4. The molecule has 6 heteroatoms. The van der Waals surface area contributed by atoms with Crippen molar-refractivity contribution in [2.75, 3.05) is 29.6 Å². The number of nitrogens with zero attached hydrogens (tertiary/aromatic N) is 2. The van der Waals surface area contributed by atoms with Gasteiger partial charge in [0.1, 0.15) is 5.69 Å². The zero-order chi connectivity index (χ0) is 19.2. The van der Waals surface area contributed by atoms with E-state index in [1.165, 1.54) is 12.3 Å². The summed E-state index contributed by atoms with van der Waals surface area (Å²) in [5.41, 5.74) is 2.92. The highest BCUT2D eigenvalue weighted by Crippen LogP contribution is 2.17. The maximum atomic E-state index is 12.5. The van der Waals surface area contributed by atoms with Gasteiger partial charge < -0.3 is 15.5 Å². The first-order valence-electron chi connectivity index (χ1n) is 8.44. The molecule has 1 aromatic heterocycles. The van der Waals surface area contributed by atoms with Crippen LogP contribution in [-0.2, 0) is 0 Å². The highest BCUT2D eigenvalue weighted by Gasteiger charge is 2.12. The Morgan fingerprint density at radius 1 is 0.815 bits per heavy atom. The second-order valence-electron chi connectivity index (χ2n) is 6.15. The molecule has 0 bridgehead atoms. The van der Waals surface area contributed by atoms with Crippen molar-refractivity contribution >= 4 is 28.9 Å². The molecule has 136 valence electrons. The number of para-hydroxylation sites is 1. The monoisotopic (exact) mass is 360 g/mol. The molecule has 0 spiro atoms. The van der Waals surface area contributed by atoms with Gasteiger partial charge in [-0.15, -0.1) is 0 Å². The van der Waals surface area contributed by atoms with Gasteiger partial charge in [0.25, 0.3) is 11.8 Å². The van der Waals surface area contributed by atoms with E-state index in [4.69, 9.17) is 0 Å². The fraction of sp³-hybridized carbons (Fsp3) is 0.0952. The zero-order valence-corrected chi connectivity index (χ0v) is 15.1. The molecule has 0 fully saturated rings. The summed E-state index contributed by atoms with van der Waals surface area (Å²) in [7, 11) is 3.90. The number of hydrogen-bond donors (Lipinski definition) is 2. The number of rotatable bonds is 5. The molecular weight excluding hydrogens is 340 g/mol. The molecule has 3 rings (SSSR count). The lowest BCUT2D eigenvalue weighted by Gasteiger charge is -2.13. The van der Waals surface area contributed by atoms with Crippen LogP contribution in [0.2, 0.25) is 0 Å². The van der Waals surface area contributed by atoms with Crippen molar-refractivity contribution < 1.29 is 9.59 Å². The van der Waals surface area contributed by atoms with E-state index in [9.17, 15) is 9.59 Å². The van der Waals surface area contributed by atoms with Gasteiger partial charge in [-0.1, -0.05) is 18.2 Å². The molecule has 0 aliphatic rings. The van der Waals surface area contributed by atoms with Gasteiger partial charge in [0, 0.05) is 42.9 Å². The SMILES string of the molecule is CN(C)c1ccc(NC(=O)c2ccnc(C(=O)Nc3ccccc3)c2)cc1. The number of benzene rings is 2. The Balaban J connectivity index is 1.70. The standard InChI is InChI=1S/C21H20N4O2/c1-25(2)18-10-8-17(9-11-18)23-20(26)15-12-13-22-19(14-15)21(27)24-16-6-4-3-5-7-16/h3-14H,1-2H3,(H,23,26)(H,24,27). The van der Waals surface area contributed by atoms with Crippen molar-refractivity contribution in [2.45, 2.75) is 0 Å². The molecule has 0 radical (unpaired) electrons. The van der Waals surface area contributed by atoms with Gasteiger partial charge in [-0.25, -0.2) is 0 Å². The van der Waals surface area contributed by atoms with Crippen LogP contribution in [0.25, 0.3) is 0 Å². The topological polar surface area (TPSA) is 74.3 Å². The Morgan fingerprint density at radius 3 is 2.11 bits per heavy atom. The molecule has 27 heavy (non-hydrogen) atoms. The Kier molecular flexibility index (Phi) is 5.47. The quantitative estimate of drug-likeness (QED) is 0.728. The Labute approximate surface area is 157 Å². The van der Waals surface area contributed by atoms with Crippen LogP contribution in [0.1, 0.15) is 20.8 Å².